The maximum Gasteiger partial charge on any atom is 0.289 e. The van der Waals surface area contributed by atoms with E-state index < -0.39 is 0 Å². The number of para-hydroxylation sites is 4. The lowest BCUT2D eigenvalue weighted by Crippen LogP contribution is -2.38. The Morgan fingerprint density at radius 2 is 1.14 bits per heavy atom. The van der Waals surface area contributed by atoms with E-state index in [9.17, 15) is 0 Å². The van der Waals surface area contributed by atoms with Crippen molar-refractivity contribution >= 4 is 40.8 Å². The standard InChI is InChI=1S/C16H14BN4/c1-20-13-9-5-3-7-11(13)18-15(20)17-16-19-12-8-4-6-10-14(12)21(16)2/h3-10H,1-2H3. The minimum Gasteiger partial charge on any atom is -0.339 e. The van der Waals surface area contributed by atoms with Crippen LogP contribution in [0.25, 0.3) is 22.1 Å². The Morgan fingerprint density at radius 3 is 1.57 bits per heavy atom. The van der Waals surface area contributed by atoms with Gasteiger partial charge in [0, 0.05) is 14.1 Å². The fourth-order valence-electron chi connectivity index (χ4n) is 2.70. The average molecular weight is 273 g/mol. The predicted molar refractivity (Wildman–Crippen MR) is 86.5 cm³/mol. The smallest absolute Gasteiger partial charge is 0.289 e. The van der Waals surface area contributed by atoms with Crippen LogP contribution in [0.2, 0.25) is 0 Å². The van der Waals surface area contributed by atoms with Crippen molar-refractivity contribution in [1.29, 1.82) is 0 Å². The predicted octanol–water partition coefficient (Wildman–Crippen LogP) is 1.11. The Balaban J connectivity index is 1.83. The van der Waals surface area contributed by atoms with E-state index in [1.165, 1.54) is 0 Å². The highest BCUT2D eigenvalue weighted by molar-refractivity contribution is 6.65. The number of fused-ring (bicyclic) bond motifs is 2. The number of hydrogen-bond donors (Lipinski definition) is 0. The van der Waals surface area contributed by atoms with Gasteiger partial charge in [0.2, 0.25) is 0 Å². The molecule has 21 heavy (non-hydrogen) atoms. The molecule has 0 spiro atoms. The lowest BCUT2D eigenvalue weighted by Gasteiger charge is -2.02. The molecule has 0 saturated heterocycles. The monoisotopic (exact) mass is 273 g/mol. The number of imidazole rings is 2. The van der Waals surface area contributed by atoms with Crippen molar-refractivity contribution in [3.63, 3.8) is 0 Å². The molecule has 0 N–H and O–H groups in total. The second-order valence-electron chi connectivity index (χ2n) is 5.18. The van der Waals surface area contributed by atoms with Crippen molar-refractivity contribution in [3.05, 3.63) is 48.5 Å². The molecule has 4 aromatic rings. The molecule has 0 aliphatic heterocycles. The van der Waals surface area contributed by atoms with Crippen molar-refractivity contribution in [1.82, 2.24) is 19.1 Å². The summed E-state index contributed by atoms with van der Waals surface area (Å²) in [6.07, 6.45) is 0. The third kappa shape index (κ3) is 1.85. The molecule has 2 aromatic heterocycles. The number of nitrogens with zero attached hydrogens (tertiary/aromatic N) is 4. The second kappa shape index (κ2) is 4.48. The highest BCUT2D eigenvalue weighted by atomic mass is 15.1. The van der Waals surface area contributed by atoms with Gasteiger partial charge in [0.1, 0.15) is 0 Å². The zero-order valence-electron chi connectivity index (χ0n) is 12.0. The van der Waals surface area contributed by atoms with Gasteiger partial charge in [-0.1, -0.05) is 24.3 Å². The zero-order chi connectivity index (χ0) is 14.4. The molecular formula is C16H14BN4. The van der Waals surface area contributed by atoms with Crippen molar-refractivity contribution in [2.24, 2.45) is 14.1 Å². The lowest BCUT2D eigenvalue weighted by atomic mass is 9.76. The Bertz CT molecular complexity index is 873. The summed E-state index contributed by atoms with van der Waals surface area (Å²) in [5, 5.41) is 0. The van der Waals surface area contributed by atoms with Gasteiger partial charge in [-0.05, 0) is 24.3 Å². The van der Waals surface area contributed by atoms with Crippen LogP contribution in [0, 0.1) is 0 Å². The molecule has 5 heteroatoms. The summed E-state index contributed by atoms with van der Waals surface area (Å²) in [6, 6.07) is 16.3. The van der Waals surface area contributed by atoms with Gasteiger partial charge in [0.05, 0.1) is 33.5 Å². The minimum absolute atomic E-state index is 0.912. The minimum atomic E-state index is 0.912. The van der Waals surface area contributed by atoms with Crippen LogP contribution in [0.4, 0.5) is 0 Å². The van der Waals surface area contributed by atoms with Gasteiger partial charge in [-0.15, -0.1) is 0 Å². The number of rotatable bonds is 2. The molecule has 0 aliphatic rings. The van der Waals surface area contributed by atoms with Crippen molar-refractivity contribution in [2.45, 2.75) is 0 Å². The van der Waals surface area contributed by atoms with Crippen LogP contribution in [0.3, 0.4) is 0 Å². The second-order valence-corrected chi connectivity index (χ2v) is 5.18. The Hall–Kier alpha value is -2.56. The van der Waals surface area contributed by atoms with Gasteiger partial charge < -0.3 is 9.13 Å². The van der Waals surface area contributed by atoms with Gasteiger partial charge in [-0.3, -0.25) is 0 Å². The average Bonchev–Trinajstić information content (AvgIpc) is 2.99. The highest BCUT2D eigenvalue weighted by Crippen LogP contribution is 2.10. The molecule has 0 saturated carbocycles. The molecule has 0 amide bonds. The number of aryl methyl sites for hydroxylation is 2. The quantitative estimate of drug-likeness (QED) is 0.513. The van der Waals surface area contributed by atoms with Gasteiger partial charge in [0.15, 0.2) is 0 Å². The summed E-state index contributed by atoms with van der Waals surface area (Å²) in [6.45, 7) is 0. The van der Waals surface area contributed by atoms with Gasteiger partial charge >= 0.3 is 0 Å². The van der Waals surface area contributed by atoms with Crippen LogP contribution in [-0.4, -0.2) is 26.4 Å². The van der Waals surface area contributed by atoms with Crippen molar-refractivity contribution < 1.29 is 0 Å². The summed E-state index contributed by atoms with van der Waals surface area (Å²) in [7, 11) is 6.09. The van der Waals surface area contributed by atoms with Gasteiger partial charge in [-0.25, -0.2) is 9.97 Å². The first kappa shape index (κ1) is 12.2. The maximum absolute atomic E-state index is 4.67. The highest BCUT2D eigenvalue weighted by Gasteiger charge is 2.14. The number of hydrogen-bond acceptors (Lipinski definition) is 2. The molecule has 0 fully saturated rings. The Morgan fingerprint density at radius 1 is 0.714 bits per heavy atom. The van der Waals surface area contributed by atoms with Gasteiger partial charge in [-0.2, -0.15) is 0 Å². The third-order valence-corrected chi connectivity index (χ3v) is 3.90. The van der Waals surface area contributed by atoms with Crippen LogP contribution in [0.15, 0.2) is 48.5 Å². The van der Waals surface area contributed by atoms with Crippen LogP contribution in [-0.2, 0) is 14.1 Å². The van der Waals surface area contributed by atoms with E-state index >= 15 is 0 Å². The molecule has 0 bridgehead atoms. The molecule has 4 nitrogen and oxygen atoms in total. The van der Waals surface area contributed by atoms with Gasteiger partial charge in [0.25, 0.3) is 7.28 Å². The molecule has 2 aromatic carbocycles. The molecule has 1 radical (unpaired) electrons. The largest absolute Gasteiger partial charge is 0.339 e. The van der Waals surface area contributed by atoms with E-state index in [0.717, 1.165) is 33.5 Å². The normalized spacial score (nSPS) is 11.3. The molecular weight excluding hydrogens is 259 g/mol. The zero-order valence-corrected chi connectivity index (χ0v) is 12.0. The molecule has 101 valence electrons. The summed E-state index contributed by atoms with van der Waals surface area (Å²) in [5.74, 6) is 0. The first-order valence-electron chi connectivity index (χ1n) is 6.92. The fourth-order valence-corrected chi connectivity index (χ4v) is 2.70. The fraction of sp³-hybridized carbons (Fsp3) is 0.125. The summed E-state index contributed by atoms with van der Waals surface area (Å²) in [5.41, 5.74) is 6.09. The lowest BCUT2D eigenvalue weighted by molar-refractivity contribution is 0.973. The third-order valence-electron chi connectivity index (χ3n) is 3.90. The van der Waals surface area contributed by atoms with Crippen LogP contribution in [0.1, 0.15) is 0 Å². The van der Waals surface area contributed by atoms with Crippen LogP contribution < -0.4 is 11.4 Å². The van der Waals surface area contributed by atoms with E-state index in [4.69, 9.17) is 0 Å². The van der Waals surface area contributed by atoms with Crippen LogP contribution >= 0.6 is 0 Å². The van der Waals surface area contributed by atoms with E-state index in [1.807, 2.05) is 57.8 Å². The van der Waals surface area contributed by atoms with Crippen molar-refractivity contribution in [3.8, 4) is 0 Å². The SMILES string of the molecule is Cn1c([B]c2nc3ccccc3n2C)nc2ccccc21. The van der Waals surface area contributed by atoms with E-state index in [-0.39, 0.29) is 0 Å². The molecule has 4 rings (SSSR count). The molecule has 0 atom stereocenters. The van der Waals surface area contributed by atoms with E-state index in [1.54, 1.807) is 0 Å². The number of aromatic nitrogens is 4. The molecule has 0 unspecified atom stereocenters. The summed E-state index contributed by atoms with van der Waals surface area (Å²) >= 11 is 0. The summed E-state index contributed by atoms with van der Waals surface area (Å²) in [4.78, 5) is 9.35. The van der Waals surface area contributed by atoms with Crippen LogP contribution in [0.5, 0.6) is 0 Å². The molecule has 2 heterocycles. The Kier molecular flexibility index (Phi) is 2.60. The van der Waals surface area contributed by atoms with E-state index in [2.05, 4.69) is 31.2 Å². The summed E-state index contributed by atoms with van der Waals surface area (Å²) < 4.78 is 4.18. The topological polar surface area (TPSA) is 35.6 Å². The number of benzene rings is 2. The van der Waals surface area contributed by atoms with E-state index in [0.29, 0.717) is 0 Å². The van der Waals surface area contributed by atoms with Crippen molar-refractivity contribution in [2.75, 3.05) is 0 Å². The Labute approximate surface area is 123 Å². The molecule has 0 aliphatic carbocycles. The first-order valence-corrected chi connectivity index (χ1v) is 6.92. The first-order chi connectivity index (χ1) is 10.2. The maximum atomic E-state index is 4.67.